The lowest BCUT2D eigenvalue weighted by atomic mass is 10.1. The molecule has 7 heteroatoms. The van der Waals surface area contributed by atoms with Crippen molar-refractivity contribution in [3.63, 3.8) is 0 Å². The molecular weight excluding hydrogens is 354 g/mol. The number of benzene rings is 2. The molecule has 1 aromatic heterocycles. The Kier molecular flexibility index (Phi) is 6.67. The first-order valence-corrected chi connectivity index (χ1v) is 8.93. The molecule has 0 aliphatic heterocycles. The van der Waals surface area contributed by atoms with Gasteiger partial charge in [0, 0.05) is 31.0 Å². The maximum Gasteiger partial charge on any atom is 0.252 e. The van der Waals surface area contributed by atoms with E-state index in [2.05, 4.69) is 25.9 Å². The van der Waals surface area contributed by atoms with E-state index in [0.717, 1.165) is 0 Å². The average Bonchev–Trinajstić information content (AvgIpc) is 2.76. The van der Waals surface area contributed by atoms with Gasteiger partial charge in [-0.15, -0.1) is 0 Å². The summed E-state index contributed by atoms with van der Waals surface area (Å²) < 4.78 is 0. The summed E-state index contributed by atoms with van der Waals surface area (Å²) in [6.45, 7) is 0.825. The maximum absolute atomic E-state index is 12.7. The highest BCUT2D eigenvalue weighted by Gasteiger charge is 2.22. The van der Waals surface area contributed by atoms with E-state index >= 15 is 0 Å². The van der Waals surface area contributed by atoms with Crippen LogP contribution in [0.15, 0.2) is 79.1 Å². The number of hydrogen-bond acceptors (Lipinski definition) is 5. The van der Waals surface area contributed by atoms with Gasteiger partial charge in [0.1, 0.15) is 6.04 Å². The van der Waals surface area contributed by atoms with Crippen LogP contribution >= 0.6 is 0 Å². The van der Waals surface area contributed by atoms with E-state index in [-0.39, 0.29) is 11.8 Å². The van der Waals surface area contributed by atoms with Gasteiger partial charge in [0.15, 0.2) is 0 Å². The van der Waals surface area contributed by atoms with E-state index in [9.17, 15) is 9.59 Å². The second-order valence-corrected chi connectivity index (χ2v) is 5.97. The first-order valence-electron chi connectivity index (χ1n) is 8.93. The Morgan fingerprint density at radius 2 is 1.46 bits per heavy atom. The molecule has 3 rings (SSSR count). The number of amides is 2. The average molecular weight is 375 g/mol. The lowest BCUT2D eigenvalue weighted by molar-refractivity contribution is -0.123. The van der Waals surface area contributed by atoms with Crippen molar-refractivity contribution in [1.29, 1.82) is 0 Å². The molecule has 0 fully saturated rings. The second-order valence-electron chi connectivity index (χ2n) is 5.97. The highest BCUT2D eigenvalue weighted by Crippen LogP contribution is 2.14. The van der Waals surface area contributed by atoms with Gasteiger partial charge >= 0.3 is 0 Å². The third-order valence-corrected chi connectivity index (χ3v) is 3.98. The van der Waals surface area contributed by atoms with Gasteiger partial charge in [-0.3, -0.25) is 9.59 Å². The van der Waals surface area contributed by atoms with E-state index < -0.39 is 6.04 Å². The number of nitrogens with zero attached hydrogens (tertiary/aromatic N) is 2. The van der Waals surface area contributed by atoms with Gasteiger partial charge in [-0.1, -0.05) is 48.5 Å². The summed E-state index contributed by atoms with van der Waals surface area (Å²) in [6.07, 6.45) is 3.27. The quantitative estimate of drug-likeness (QED) is 0.525. The van der Waals surface area contributed by atoms with Crippen LogP contribution in [0, 0.1) is 0 Å². The van der Waals surface area contributed by atoms with Crippen LogP contribution in [0.1, 0.15) is 22.0 Å². The molecule has 0 saturated heterocycles. The molecule has 1 heterocycles. The van der Waals surface area contributed by atoms with Crippen molar-refractivity contribution in [2.45, 2.75) is 6.04 Å². The van der Waals surface area contributed by atoms with Gasteiger partial charge < -0.3 is 16.0 Å². The van der Waals surface area contributed by atoms with Crippen LogP contribution < -0.4 is 16.0 Å². The highest BCUT2D eigenvalue weighted by molar-refractivity contribution is 5.97. The zero-order valence-corrected chi connectivity index (χ0v) is 15.2. The SMILES string of the molecule is O=C(N[C@@H](C(=O)NCCNc1ncccn1)c1ccccc1)c1ccccc1. The number of nitrogens with one attached hydrogen (secondary N) is 3. The zero-order valence-electron chi connectivity index (χ0n) is 15.2. The number of aromatic nitrogens is 2. The minimum atomic E-state index is -0.790. The summed E-state index contributed by atoms with van der Waals surface area (Å²) in [5, 5.41) is 8.67. The van der Waals surface area contributed by atoms with Gasteiger partial charge in [0.05, 0.1) is 0 Å². The standard InChI is InChI=1S/C21H21N5O2/c27-19(17-10-5-2-6-11-17)26-18(16-8-3-1-4-9-16)20(28)22-14-15-25-21-23-12-7-13-24-21/h1-13,18H,14-15H2,(H,22,28)(H,26,27)(H,23,24,25)/t18-/m1/s1. The molecule has 0 aliphatic rings. The molecule has 3 N–H and O–H groups in total. The summed E-state index contributed by atoms with van der Waals surface area (Å²) in [4.78, 5) is 33.4. The smallest absolute Gasteiger partial charge is 0.252 e. The van der Waals surface area contributed by atoms with Crippen LogP contribution in [0.4, 0.5) is 5.95 Å². The van der Waals surface area contributed by atoms with Crippen molar-refractivity contribution in [2.75, 3.05) is 18.4 Å². The number of carbonyl (C=O) groups excluding carboxylic acids is 2. The Balaban J connectivity index is 1.61. The van der Waals surface area contributed by atoms with Gasteiger partial charge in [0.25, 0.3) is 5.91 Å². The Labute approximate surface area is 163 Å². The third kappa shape index (κ3) is 5.38. The Morgan fingerprint density at radius 3 is 2.14 bits per heavy atom. The van der Waals surface area contributed by atoms with E-state index in [1.165, 1.54) is 0 Å². The Bertz CT molecular complexity index is 888. The lowest BCUT2D eigenvalue weighted by Gasteiger charge is -2.19. The Morgan fingerprint density at radius 1 is 0.821 bits per heavy atom. The number of rotatable bonds is 8. The van der Waals surface area contributed by atoms with E-state index in [4.69, 9.17) is 0 Å². The van der Waals surface area contributed by atoms with Crippen molar-refractivity contribution in [2.24, 2.45) is 0 Å². The van der Waals surface area contributed by atoms with Gasteiger partial charge in [-0.2, -0.15) is 0 Å². The molecule has 0 radical (unpaired) electrons. The molecule has 1 atom stereocenters. The van der Waals surface area contributed by atoms with Crippen molar-refractivity contribution in [1.82, 2.24) is 20.6 Å². The monoisotopic (exact) mass is 375 g/mol. The molecule has 0 aliphatic carbocycles. The van der Waals surface area contributed by atoms with Crippen molar-refractivity contribution >= 4 is 17.8 Å². The molecule has 0 unspecified atom stereocenters. The number of anilines is 1. The predicted molar refractivity (Wildman–Crippen MR) is 107 cm³/mol. The largest absolute Gasteiger partial charge is 0.352 e. The first kappa shape index (κ1) is 19.0. The maximum atomic E-state index is 12.7. The second kappa shape index (κ2) is 9.82. The minimum absolute atomic E-state index is 0.286. The number of hydrogen-bond donors (Lipinski definition) is 3. The minimum Gasteiger partial charge on any atom is -0.352 e. The van der Waals surface area contributed by atoms with E-state index in [1.54, 1.807) is 42.7 Å². The van der Waals surface area contributed by atoms with Crippen LogP contribution in [-0.2, 0) is 4.79 Å². The van der Waals surface area contributed by atoms with Crippen molar-refractivity contribution in [3.05, 3.63) is 90.3 Å². The van der Waals surface area contributed by atoms with Crippen LogP contribution in [0.3, 0.4) is 0 Å². The first-order chi connectivity index (χ1) is 13.7. The summed E-state index contributed by atoms with van der Waals surface area (Å²) in [7, 11) is 0. The van der Waals surface area contributed by atoms with Gasteiger partial charge in [-0.25, -0.2) is 9.97 Å². The molecule has 3 aromatic rings. The summed E-state index contributed by atoms with van der Waals surface area (Å²) >= 11 is 0. The van der Waals surface area contributed by atoms with E-state index in [0.29, 0.717) is 30.2 Å². The van der Waals surface area contributed by atoms with Crippen molar-refractivity contribution in [3.8, 4) is 0 Å². The van der Waals surface area contributed by atoms with Crippen LogP contribution in [0.2, 0.25) is 0 Å². The van der Waals surface area contributed by atoms with Gasteiger partial charge in [0.2, 0.25) is 11.9 Å². The number of carbonyl (C=O) groups is 2. The normalized spacial score (nSPS) is 11.3. The van der Waals surface area contributed by atoms with Crippen LogP contribution in [-0.4, -0.2) is 34.9 Å². The molecule has 0 saturated carbocycles. The van der Waals surface area contributed by atoms with Gasteiger partial charge in [-0.05, 0) is 23.8 Å². The fourth-order valence-corrected chi connectivity index (χ4v) is 2.60. The zero-order chi connectivity index (χ0) is 19.6. The summed E-state index contributed by atoms with van der Waals surface area (Å²) in [5.74, 6) is -0.0968. The molecule has 0 spiro atoms. The summed E-state index contributed by atoms with van der Waals surface area (Å²) in [6, 6.07) is 18.9. The molecule has 142 valence electrons. The fourth-order valence-electron chi connectivity index (χ4n) is 2.60. The Hall–Kier alpha value is -3.74. The molecule has 7 nitrogen and oxygen atoms in total. The predicted octanol–water partition coefficient (Wildman–Crippen LogP) is 2.18. The van der Waals surface area contributed by atoms with Crippen molar-refractivity contribution < 1.29 is 9.59 Å². The highest BCUT2D eigenvalue weighted by atomic mass is 16.2. The summed E-state index contributed by atoms with van der Waals surface area (Å²) in [5.41, 5.74) is 1.21. The van der Waals surface area contributed by atoms with E-state index in [1.807, 2.05) is 36.4 Å². The van der Waals surface area contributed by atoms with Crippen LogP contribution in [0.25, 0.3) is 0 Å². The fraction of sp³-hybridized carbons (Fsp3) is 0.143. The molecule has 0 bridgehead atoms. The lowest BCUT2D eigenvalue weighted by Crippen LogP contribution is -2.41. The molecule has 2 amide bonds. The van der Waals surface area contributed by atoms with Crippen LogP contribution in [0.5, 0.6) is 0 Å². The molecule has 2 aromatic carbocycles. The molecular formula is C21H21N5O2. The molecule has 28 heavy (non-hydrogen) atoms. The third-order valence-electron chi connectivity index (χ3n) is 3.98. The topological polar surface area (TPSA) is 96.0 Å².